The second kappa shape index (κ2) is 8.82. The Morgan fingerprint density at radius 1 is 1.09 bits per heavy atom. The number of para-hydroxylation sites is 2. The molecule has 10 heteroatoms. The molecular formula is C23H16Cl2N6OS. The van der Waals surface area contributed by atoms with Crippen LogP contribution >= 0.6 is 34.5 Å². The Bertz CT molecular complexity index is 1530. The van der Waals surface area contributed by atoms with Crippen LogP contribution in [0, 0.1) is 0 Å². The van der Waals surface area contributed by atoms with Crippen molar-refractivity contribution in [2.75, 3.05) is 5.73 Å². The van der Waals surface area contributed by atoms with Crippen molar-refractivity contribution in [3.05, 3.63) is 86.0 Å². The quantitative estimate of drug-likeness (QED) is 0.321. The van der Waals surface area contributed by atoms with E-state index < -0.39 is 0 Å². The van der Waals surface area contributed by atoms with Crippen molar-refractivity contribution in [2.45, 2.75) is 6.54 Å². The Morgan fingerprint density at radius 2 is 1.88 bits per heavy atom. The Kier molecular flexibility index (Phi) is 5.72. The number of halogens is 2. The highest BCUT2D eigenvalue weighted by Gasteiger charge is 2.24. The molecule has 5 aromatic rings. The molecule has 0 spiro atoms. The summed E-state index contributed by atoms with van der Waals surface area (Å²) in [5, 5.41) is 10.2. The summed E-state index contributed by atoms with van der Waals surface area (Å²) in [7, 11) is 0. The molecule has 33 heavy (non-hydrogen) atoms. The van der Waals surface area contributed by atoms with E-state index in [1.54, 1.807) is 35.8 Å². The zero-order chi connectivity index (χ0) is 22.9. The minimum atomic E-state index is -0.348. The van der Waals surface area contributed by atoms with Gasteiger partial charge in [-0.25, -0.2) is 9.97 Å². The van der Waals surface area contributed by atoms with Crippen LogP contribution < -0.4 is 11.1 Å². The Balaban J connectivity index is 1.62. The van der Waals surface area contributed by atoms with Crippen LogP contribution in [0.4, 0.5) is 5.82 Å². The molecule has 0 bridgehead atoms. The first-order chi connectivity index (χ1) is 16.0. The van der Waals surface area contributed by atoms with Gasteiger partial charge in [0.15, 0.2) is 5.65 Å². The number of hydrogen-bond acceptors (Lipinski definition) is 6. The summed E-state index contributed by atoms with van der Waals surface area (Å²) in [6.45, 7) is 0.385. The van der Waals surface area contributed by atoms with Gasteiger partial charge in [-0.15, -0.1) is 11.3 Å². The molecule has 0 aliphatic heterocycles. The molecule has 0 fully saturated rings. The first-order valence-corrected chi connectivity index (χ1v) is 11.5. The predicted molar refractivity (Wildman–Crippen MR) is 134 cm³/mol. The van der Waals surface area contributed by atoms with E-state index in [-0.39, 0.29) is 17.3 Å². The van der Waals surface area contributed by atoms with Crippen LogP contribution in [-0.4, -0.2) is 26.8 Å². The van der Waals surface area contributed by atoms with E-state index in [1.165, 1.54) is 4.68 Å². The minimum absolute atomic E-state index is 0.139. The van der Waals surface area contributed by atoms with E-state index in [1.807, 2.05) is 41.8 Å². The van der Waals surface area contributed by atoms with Crippen LogP contribution in [0.25, 0.3) is 22.2 Å². The van der Waals surface area contributed by atoms with E-state index in [9.17, 15) is 4.79 Å². The Morgan fingerprint density at radius 3 is 2.61 bits per heavy atom. The maximum atomic E-state index is 13.1. The van der Waals surface area contributed by atoms with Gasteiger partial charge < -0.3 is 11.1 Å². The normalized spacial score (nSPS) is 11.6. The number of nitrogen functional groups attached to an aromatic ring is 1. The number of fused-ring (bicyclic) bond motifs is 2. The number of aromatic nitrogens is 3. The lowest BCUT2D eigenvalue weighted by molar-refractivity contribution is 0.0953. The van der Waals surface area contributed by atoms with Gasteiger partial charge in [0.25, 0.3) is 5.91 Å². The fraction of sp³-hybridized carbons (Fsp3) is 0.0435. The SMILES string of the molecule is Nc1c(C(=O)NCc2cccs2)c2nc3ccccc3nc2n1/N=C\c1ccc(Cl)c(Cl)c1. The molecule has 0 aliphatic rings. The molecule has 3 heterocycles. The lowest BCUT2D eigenvalue weighted by Crippen LogP contribution is -2.23. The van der Waals surface area contributed by atoms with Crippen molar-refractivity contribution in [3.63, 3.8) is 0 Å². The number of nitrogens with two attached hydrogens (primary N) is 1. The summed E-state index contributed by atoms with van der Waals surface area (Å²) in [6.07, 6.45) is 1.57. The number of anilines is 1. The number of rotatable bonds is 5. The maximum absolute atomic E-state index is 13.1. The number of carbonyl (C=O) groups excluding carboxylic acids is 1. The van der Waals surface area contributed by atoms with Crippen LogP contribution in [0.1, 0.15) is 20.8 Å². The topological polar surface area (TPSA) is 98.2 Å². The third-order valence-electron chi connectivity index (χ3n) is 4.97. The maximum Gasteiger partial charge on any atom is 0.257 e. The summed E-state index contributed by atoms with van der Waals surface area (Å²) in [6, 6.07) is 16.4. The molecule has 0 radical (unpaired) electrons. The Labute approximate surface area is 202 Å². The molecule has 1 amide bonds. The number of amides is 1. The first-order valence-electron chi connectivity index (χ1n) is 9.88. The monoisotopic (exact) mass is 494 g/mol. The van der Waals surface area contributed by atoms with E-state index in [2.05, 4.69) is 20.4 Å². The lowest BCUT2D eigenvalue weighted by atomic mass is 10.2. The molecule has 0 aliphatic carbocycles. The highest BCUT2D eigenvalue weighted by molar-refractivity contribution is 7.09. The average Bonchev–Trinajstić information content (AvgIpc) is 3.42. The number of hydrogen-bond donors (Lipinski definition) is 2. The zero-order valence-corrected chi connectivity index (χ0v) is 19.3. The molecule has 164 valence electrons. The minimum Gasteiger partial charge on any atom is -0.383 e. The fourth-order valence-electron chi connectivity index (χ4n) is 3.37. The van der Waals surface area contributed by atoms with E-state index in [4.69, 9.17) is 28.9 Å². The highest BCUT2D eigenvalue weighted by atomic mass is 35.5. The van der Waals surface area contributed by atoms with Crippen molar-refractivity contribution in [1.29, 1.82) is 0 Å². The van der Waals surface area contributed by atoms with Crippen molar-refractivity contribution in [2.24, 2.45) is 5.10 Å². The van der Waals surface area contributed by atoms with Crippen molar-refractivity contribution in [1.82, 2.24) is 20.0 Å². The lowest BCUT2D eigenvalue weighted by Gasteiger charge is -2.04. The molecule has 3 aromatic heterocycles. The van der Waals surface area contributed by atoms with Gasteiger partial charge in [0.05, 0.1) is 33.8 Å². The van der Waals surface area contributed by atoms with Gasteiger partial charge in [0, 0.05) is 4.88 Å². The van der Waals surface area contributed by atoms with Crippen LogP contribution in [0.15, 0.2) is 65.1 Å². The molecule has 5 rings (SSSR count). The largest absolute Gasteiger partial charge is 0.383 e. The van der Waals surface area contributed by atoms with Crippen LogP contribution in [0.2, 0.25) is 10.0 Å². The highest BCUT2D eigenvalue weighted by Crippen LogP contribution is 2.28. The number of nitrogens with one attached hydrogen (secondary N) is 1. The molecular weight excluding hydrogens is 479 g/mol. The fourth-order valence-corrected chi connectivity index (χ4v) is 4.33. The third kappa shape index (κ3) is 4.16. The van der Waals surface area contributed by atoms with Gasteiger partial charge in [-0.3, -0.25) is 4.79 Å². The Hall–Kier alpha value is -3.46. The molecule has 0 saturated heterocycles. The molecule has 2 aromatic carbocycles. The second-order valence-electron chi connectivity index (χ2n) is 7.14. The number of thiophene rings is 1. The number of benzene rings is 2. The molecule has 0 saturated carbocycles. The number of carbonyl (C=O) groups is 1. The summed E-state index contributed by atoms with van der Waals surface area (Å²) in [5.41, 5.74) is 9.43. The van der Waals surface area contributed by atoms with E-state index >= 15 is 0 Å². The summed E-state index contributed by atoms with van der Waals surface area (Å²) in [5.74, 6) is -0.209. The van der Waals surface area contributed by atoms with Gasteiger partial charge >= 0.3 is 0 Å². The standard InChI is InChI=1S/C23H16Cl2N6OS/c24-15-8-7-13(10-16(15)25)11-28-31-21(26)19(23(32)27-12-14-4-3-9-33-14)20-22(31)30-18-6-2-1-5-17(18)29-20/h1-11H,12,26H2,(H,27,32)/b28-11-. The summed E-state index contributed by atoms with van der Waals surface area (Å²) in [4.78, 5) is 23.5. The van der Waals surface area contributed by atoms with Gasteiger partial charge in [-0.05, 0) is 41.3 Å². The van der Waals surface area contributed by atoms with Crippen LogP contribution in [-0.2, 0) is 6.54 Å². The smallest absolute Gasteiger partial charge is 0.257 e. The van der Waals surface area contributed by atoms with Crippen molar-refractivity contribution in [3.8, 4) is 0 Å². The summed E-state index contributed by atoms with van der Waals surface area (Å²) >= 11 is 13.7. The van der Waals surface area contributed by atoms with E-state index in [0.717, 1.165) is 4.88 Å². The van der Waals surface area contributed by atoms with Crippen molar-refractivity contribution < 1.29 is 4.79 Å². The van der Waals surface area contributed by atoms with Gasteiger partial charge in [-0.1, -0.05) is 47.5 Å². The molecule has 0 unspecified atom stereocenters. The van der Waals surface area contributed by atoms with Crippen molar-refractivity contribution >= 4 is 74.7 Å². The third-order valence-corrected chi connectivity index (χ3v) is 6.59. The van der Waals surface area contributed by atoms with Crippen LogP contribution in [0.3, 0.4) is 0 Å². The van der Waals surface area contributed by atoms with Gasteiger partial charge in [0.1, 0.15) is 16.9 Å². The average molecular weight is 495 g/mol. The predicted octanol–water partition coefficient (Wildman–Crippen LogP) is 5.35. The van der Waals surface area contributed by atoms with Crippen LogP contribution in [0.5, 0.6) is 0 Å². The summed E-state index contributed by atoms with van der Waals surface area (Å²) < 4.78 is 1.41. The van der Waals surface area contributed by atoms with Gasteiger partial charge in [0.2, 0.25) is 0 Å². The van der Waals surface area contributed by atoms with Gasteiger partial charge in [-0.2, -0.15) is 9.78 Å². The molecule has 7 nitrogen and oxygen atoms in total. The molecule has 3 N–H and O–H groups in total. The number of nitrogens with zero attached hydrogens (tertiary/aromatic N) is 4. The first kappa shape index (κ1) is 21.4. The molecule has 0 atom stereocenters. The second-order valence-corrected chi connectivity index (χ2v) is 8.98. The zero-order valence-electron chi connectivity index (χ0n) is 17.0. The van der Waals surface area contributed by atoms with E-state index in [0.29, 0.717) is 44.4 Å².